The van der Waals surface area contributed by atoms with E-state index >= 15 is 0 Å². The number of H-pyrrole nitrogens is 1. The van der Waals surface area contributed by atoms with Crippen LogP contribution in [-0.2, 0) is 19.4 Å². The van der Waals surface area contributed by atoms with E-state index in [1.165, 1.54) is 0 Å². The summed E-state index contributed by atoms with van der Waals surface area (Å²) in [6.45, 7) is 0.479. The predicted octanol–water partition coefficient (Wildman–Crippen LogP) is 6.43. The van der Waals surface area contributed by atoms with E-state index in [0.29, 0.717) is 56.0 Å². The normalized spacial score (nSPS) is 11.9. The van der Waals surface area contributed by atoms with Crippen LogP contribution >= 0.6 is 15.9 Å². The molecule has 5 aromatic rings. The van der Waals surface area contributed by atoms with E-state index in [0.717, 1.165) is 17.4 Å². The number of hydrogen-bond acceptors (Lipinski definition) is 6. The van der Waals surface area contributed by atoms with E-state index in [9.17, 15) is 23.1 Å². The molecule has 0 spiro atoms. The highest BCUT2D eigenvalue weighted by molar-refractivity contribution is 9.10. The van der Waals surface area contributed by atoms with Crippen LogP contribution in [0.3, 0.4) is 0 Å². The van der Waals surface area contributed by atoms with Crippen LogP contribution in [0.2, 0.25) is 0 Å². The van der Waals surface area contributed by atoms with Crippen LogP contribution in [0, 0.1) is 0 Å². The van der Waals surface area contributed by atoms with Gasteiger partial charge >= 0.3 is 12.1 Å². The van der Waals surface area contributed by atoms with Gasteiger partial charge in [-0.25, -0.2) is 9.48 Å². The van der Waals surface area contributed by atoms with Crippen LogP contribution in [0.1, 0.15) is 47.1 Å². The minimum atomic E-state index is -4.61. The first-order valence-corrected chi connectivity index (χ1v) is 12.9. The van der Waals surface area contributed by atoms with Gasteiger partial charge in [0.2, 0.25) is 5.82 Å². The highest BCUT2D eigenvalue weighted by Crippen LogP contribution is 2.41. The number of carboxylic acid groups (broad SMARTS) is 1. The number of fused-ring (bicyclic) bond motifs is 1. The molecule has 3 aromatic heterocycles. The molecule has 0 amide bonds. The number of nitrogens with zero attached hydrogens (tertiary/aromatic N) is 5. The van der Waals surface area contributed by atoms with Gasteiger partial charge in [0.25, 0.3) is 0 Å². The summed E-state index contributed by atoms with van der Waals surface area (Å²) in [6, 6.07) is 12.8. The van der Waals surface area contributed by atoms with Crippen molar-refractivity contribution in [3.63, 3.8) is 0 Å². The monoisotopic (exact) mass is 602 g/mol. The summed E-state index contributed by atoms with van der Waals surface area (Å²) in [6.07, 6.45) is -2.67. The zero-order valence-electron chi connectivity index (χ0n) is 20.6. The molecular weight excluding hydrogens is 581 g/mol. The first kappa shape index (κ1) is 26.6. The highest BCUT2D eigenvalue weighted by atomic mass is 79.9. The number of aromatic nitrogens is 6. The van der Waals surface area contributed by atoms with Crippen LogP contribution in [0.25, 0.3) is 33.7 Å². The Morgan fingerprint density at radius 3 is 2.62 bits per heavy atom. The molecule has 0 fully saturated rings. The first-order chi connectivity index (χ1) is 18.7. The lowest BCUT2D eigenvalue weighted by atomic mass is 9.99. The maximum Gasteiger partial charge on any atom is 0.408 e. The Morgan fingerprint density at radius 1 is 1.18 bits per heavy atom. The third kappa shape index (κ3) is 5.44. The number of halogens is 4. The molecular formula is C26H22BrF3N6O3. The molecule has 0 aliphatic carbocycles. The van der Waals surface area contributed by atoms with Crippen LogP contribution < -0.4 is 0 Å². The SMILES string of the molecule is CCCCc1nn(CC(F)(F)F)c(C(=O)O)c1Cc1ccc2oc(-c3ccccc3-c3nn[nH]n3)c(Br)c2c1. The van der Waals surface area contributed by atoms with Crippen molar-refractivity contribution in [1.29, 1.82) is 0 Å². The molecule has 3 heterocycles. The smallest absolute Gasteiger partial charge is 0.408 e. The number of alkyl halides is 3. The Kier molecular flexibility index (Phi) is 7.25. The van der Waals surface area contributed by atoms with Crippen LogP contribution in [0.4, 0.5) is 13.2 Å². The molecule has 39 heavy (non-hydrogen) atoms. The molecule has 0 bridgehead atoms. The number of aryl methyl sites for hydroxylation is 1. The number of rotatable bonds is 9. The van der Waals surface area contributed by atoms with E-state index < -0.39 is 24.4 Å². The molecule has 0 saturated carbocycles. The highest BCUT2D eigenvalue weighted by Gasteiger charge is 2.33. The Morgan fingerprint density at radius 2 is 1.95 bits per heavy atom. The van der Waals surface area contributed by atoms with Gasteiger partial charge in [-0.3, -0.25) is 0 Å². The summed E-state index contributed by atoms with van der Waals surface area (Å²) >= 11 is 3.64. The molecule has 202 valence electrons. The lowest BCUT2D eigenvalue weighted by molar-refractivity contribution is -0.142. The van der Waals surface area contributed by atoms with Crippen molar-refractivity contribution in [2.24, 2.45) is 0 Å². The van der Waals surface area contributed by atoms with Crippen LogP contribution in [0.5, 0.6) is 0 Å². The number of nitrogens with one attached hydrogen (secondary N) is 1. The van der Waals surface area contributed by atoms with Gasteiger partial charge in [-0.05, 0) is 51.7 Å². The average Bonchev–Trinajstić information content (AvgIpc) is 3.61. The van der Waals surface area contributed by atoms with Crippen molar-refractivity contribution >= 4 is 32.9 Å². The minimum absolute atomic E-state index is 0.0981. The Balaban J connectivity index is 1.57. The molecule has 0 aliphatic rings. The van der Waals surface area contributed by atoms with E-state index in [4.69, 9.17) is 4.42 Å². The van der Waals surface area contributed by atoms with Crippen molar-refractivity contribution in [3.8, 4) is 22.7 Å². The number of hydrogen-bond donors (Lipinski definition) is 2. The maximum atomic E-state index is 13.2. The quantitative estimate of drug-likeness (QED) is 0.199. The number of carbonyl (C=O) groups is 1. The van der Waals surface area contributed by atoms with Gasteiger partial charge in [-0.2, -0.15) is 23.5 Å². The summed E-state index contributed by atoms with van der Waals surface area (Å²) in [5.41, 5.74) is 2.90. The standard InChI is InChI=1S/C26H22BrF3N6O3/c1-2-3-8-19-17(22(25(37)38)36(33-19)13-26(28,29)30)11-14-9-10-20-18(12-14)21(27)23(39-20)15-6-4-5-7-16(15)24-31-34-35-32-24/h4-7,9-10,12H,2-3,8,11,13H2,1H3,(H,37,38)(H,31,32,34,35). The number of aromatic amines is 1. The van der Waals surface area contributed by atoms with Gasteiger partial charge in [0, 0.05) is 28.5 Å². The Hall–Kier alpha value is -4.00. The van der Waals surface area contributed by atoms with Crippen molar-refractivity contribution < 1.29 is 27.5 Å². The predicted molar refractivity (Wildman–Crippen MR) is 139 cm³/mol. The second kappa shape index (κ2) is 10.6. The van der Waals surface area contributed by atoms with Crippen molar-refractivity contribution in [2.75, 3.05) is 0 Å². The summed E-state index contributed by atoms with van der Waals surface area (Å²) in [5, 5.41) is 28.8. The molecule has 2 aromatic carbocycles. The third-order valence-electron chi connectivity index (χ3n) is 6.26. The van der Waals surface area contributed by atoms with Crippen molar-refractivity contribution in [3.05, 3.63) is 69.5 Å². The number of unbranched alkanes of at least 4 members (excludes halogenated alkanes) is 1. The van der Waals surface area contributed by atoms with Crippen molar-refractivity contribution in [2.45, 2.75) is 45.3 Å². The van der Waals surface area contributed by atoms with Gasteiger partial charge in [0.05, 0.1) is 10.2 Å². The van der Waals surface area contributed by atoms with Crippen LogP contribution in [0.15, 0.2) is 51.4 Å². The number of carboxylic acids is 1. The molecule has 9 nitrogen and oxygen atoms in total. The molecule has 5 rings (SSSR count). The molecule has 0 unspecified atom stereocenters. The summed E-state index contributed by atoms with van der Waals surface area (Å²) in [7, 11) is 0. The molecule has 0 saturated heterocycles. The van der Waals surface area contributed by atoms with E-state index in [2.05, 4.69) is 41.7 Å². The summed E-state index contributed by atoms with van der Waals surface area (Å²) in [4.78, 5) is 12.1. The molecule has 0 atom stereocenters. The zero-order chi connectivity index (χ0) is 27.7. The number of tetrazole rings is 1. The number of furan rings is 1. The Bertz CT molecular complexity index is 1640. The van der Waals surface area contributed by atoms with Gasteiger partial charge < -0.3 is 9.52 Å². The fourth-order valence-electron chi connectivity index (χ4n) is 4.56. The molecule has 0 radical (unpaired) electrons. The largest absolute Gasteiger partial charge is 0.477 e. The molecule has 2 N–H and O–H groups in total. The van der Waals surface area contributed by atoms with Gasteiger partial charge in [0.1, 0.15) is 23.6 Å². The lowest BCUT2D eigenvalue weighted by Crippen LogP contribution is -2.22. The summed E-state index contributed by atoms with van der Waals surface area (Å²) < 4.78 is 47.0. The lowest BCUT2D eigenvalue weighted by Gasteiger charge is -2.09. The van der Waals surface area contributed by atoms with Crippen molar-refractivity contribution in [1.82, 2.24) is 30.4 Å². The van der Waals surface area contributed by atoms with Gasteiger partial charge in [0.15, 0.2) is 0 Å². The van der Waals surface area contributed by atoms with E-state index in [-0.39, 0.29) is 12.0 Å². The Labute approximate surface area is 228 Å². The van der Waals surface area contributed by atoms with Gasteiger partial charge in [-0.1, -0.05) is 43.7 Å². The first-order valence-electron chi connectivity index (χ1n) is 12.1. The topological polar surface area (TPSA) is 123 Å². The second-order valence-electron chi connectivity index (χ2n) is 8.99. The van der Waals surface area contributed by atoms with Crippen LogP contribution in [-0.4, -0.2) is 47.7 Å². The van der Waals surface area contributed by atoms with E-state index in [1.54, 1.807) is 12.1 Å². The molecule has 13 heteroatoms. The van der Waals surface area contributed by atoms with Gasteiger partial charge in [-0.15, -0.1) is 10.2 Å². The zero-order valence-corrected chi connectivity index (χ0v) is 22.2. The number of aromatic carboxylic acids is 1. The maximum absolute atomic E-state index is 13.2. The van der Waals surface area contributed by atoms with E-state index in [1.807, 2.05) is 37.3 Å². The number of benzene rings is 2. The summed E-state index contributed by atoms with van der Waals surface area (Å²) in [5.74, 6) is -0.513. The molecule has 0 aliphatic heterocycles. The average molecular weight is 603 g/mol. The second-order valence-corrected chi connectivity index (χ2v) is 9.78. The fraction of sp³-hybridized carbons (Fsp3) is 0.269. The third-order valence-corrected chi connectivity index (χ3v) is 7.05. The fourth-order valence-corrected chi connectivity index (χ4v) is 5.16. The minimum Gasteiger partial charge on any atom is -0.477 e.